The van der Waals surface area contributed by atoms with E-state index in [-0.39, 0.29) is 5.56 Å². The van der Waals surface area contributed by atoms with Crippen molar-refractivity contribution in [3.05, 3.63) is 119 Å². The van der Waals surface area contributed by atoms with Crippen LogP contribution in [0.2, 0.25) is 5.02 Å². The molecule has 0 amide bonds. The van der Waals surface area contributed by atoms with Gasteiger partial charge in [-0.25, -0.2) is 9.79 Å². The SMILES string of the molecule is COC(=O)C1=C(C)N=c2s/c(=C\c3cc(C)n(-c4ccc(Cl)cc4)c3C)c(=O)n2C1c1ccc(C(C)C)cc1. The number of carbonyl (C=O) groups excluding carboxylic acids is 1. The zero-order valence-electron chi connectivity index (χ0n) is 22.8. The molecule has 8 heteroatoms. The van der Waals surface area contributed by atoms with E-state index in [4.69, 9.17) is 16.3 Å². The second-order valence-electron chi connectivity index (χ2n) is 10.0. The third-order valence-electron chi connectivity index (χ3n) is 7.19. The van der Waals surface area contributed by atoms with Gasteiger partial charge in [0.1, 0.15) is 0 Å². The summed E-state index contributed by atoms with van der Waals surface area (Å²) in [6, 6.07) is 17.2. The van der Waals surface area contributed by atoms with Crippen LogP contribution in [-0.2, 0) is 9.53 Å². The number of halogens is 1. The minimum atomic E-state index is -0.626. The molecule has 0 spiro atoms. The molecule has 0 radical (unpaired) electrons. The topological polar surface area (TPSA) is 65.6 Å². The Morgan fingerprint density at radius 1 is 1.08 bits per heavy atom. The maximum Gasteiger partial charge on any atom is 0.338 e. The van der Waals surface area contributed by atoms with Crippen LogP contribution >= 0.6 is 22.9 Å². The van der Waals surface area contributed by atoms with Crippen molar-refractivity contribution in [3.8, 4) is 5.69 Å². The van der Waals surface area contributed by atoms with Gasteiger partial charge >= 0.3 is 5.97 Å². The molecule has 2 aromatic heterocycles. The summed E-state index contributed by atoms with van der Waals surface area (Å²) in [5.74, 6) is -0.125. The van der Waals surface area contributed by atoms with Crippen molar-refractivity contribution in [1.29, 1.82) is 0 Å². The molecule has 1 aliphatic heterocycles. The Morgan fingerprint density at radius 2 is 1.74 bits per heavy atom. The van der Waals surface area contributed by atoms with E-state index >= 15 is 0 Å². The number of thiazole rings is 1. The highest BCUT2D eigenvalue weighted by atomic mass is 35.5. The van der Waals surface area contributed by atoms with E-state index in [0.29, 0.717) is 31.5 Å². The summed E-state index contributed by atoms with van der Waals surface area (Å²) >= 11 is 7.42. The fraction of sp³-hybridized carbons (Fsp3) is 0.258. The minimum Gasteiger partial charge on any atom is -0.466 e. The average molecular weight is 560 g/mol. The number of aryl methyl sites for hydroxylation is 1. The minimum absolute atomic E-state index is 0.193. The molecule has 0 bridgehead atoms. The number of fused-ring (bicyclic) bond motifs is 1. The van der Waals surface area contributed by atoms with E-state index in [9.17, 15) is 9.59 Å². The van der Waals surface area contributed by atoms with Crippen LogP contribution in [0.1, 0.15) is 60.8 Å². The predicted octanol–water partition coefficient (Wildman–Crippen LogP) is 5.59. The smallest absolute Gasteiger partial charge is 0.338 e. The van der Waals surface area contributed by atoms with Gasteiger partial charge in [-0.15, -0.1) is 0 Å². The molecule has 4 aromatic rings. The van der Waals surface area contributed by atoms with Crippen molar-refractivity contribution in [2.75, 3.05) is 7.11 Å². The van der Waals surface area contributed by atoms with Crippen LogP contribution in [0.25, 0.3) is 11.8 Å². The number of methoxy groups -OCH3 is 1. The Kier molecular flexibility index (Phi) is 7.23. The Hall–Kier alpha value is -3.68. The number of allylic oxidation sites excluding steroid dienone is 1. The van der Waals surface area contributed by atoms with Gasteiger partial charge in [0.05, 0.1) is 29.0 Å². The van der Waals surface area contributed by atoms with E-state index in [2.05, 4.69) is 29.5 Å². The van der Waals surface area contributed by atoms with Gasteiger partial charge in [0.25, 0.3) is 5.56 Å². The first kappa shape index (κ1) is 26.9. The van der Waals surface area contributed by atoms with Gasteiger partial charge in [-0.1, -0.05) is 61.1 Å². The highest BCUT2D eigenvalue weighted by Crippen LogP contribution is 2.31. The van der Waals surface area contributed by atoms with Gasteiger partial charge in [-0.3, -0.25) is 9.36 Å². The molecule has 0 saturated carbocycles. The molecule has 0 aliphatic carbocycles. The first-order valence-electron chi connectivity index (χ1n) is 12.8. The predicted molar refractivity (Wildman–Crippen MR) is 157 cm³/mol. The molecule has 0 N–H and O–H groups in total. The standard InChI is InChI=1S/C31H30ClN3O3S/c1-17(2)21-7-9-22(10-8-21)28-27(30(37)38-6)19(4)33-31-35(28)29(36)26(39-31)16-23-15-18(3)34(20(23)5)25-13-11-24(32)12-14-25/h7-17,28H,1-6H3/b26-16-. The summed E-state index contributed by atoms with van der Waals surface area (Å²) in [6.45, 7) is 10.1. The molecule has 3 heterocycles. The van der Waals surface area contributed by atoms with E-state index in [1.807, 2.05) is 68.5 Å². The van der Waals surface area contributed by atoms with E-state index in [1.165, 1.54) is 24.0 Å². The zero-order valence-corrected chi connectivity index (χ0v) is 24.4. The van der Waals surface area contributed by atoms with Gasteiger partial charge in [-0.2, -0.15) is 0 Å². The molecule has 1 atom stereocenters. The lowest BCUT2D eigenvalue weighted by atomic mass is 9.93. The number of nitrogens with zero attached hydrogens (tertiary/aromatic N) is 3. The normalized spacial score (nSPS) is 15.5. The maximum absolute atomic E-state index is 13.9. The maximum atomic E-state index is 13.9. The Balaban J connectivity index is 1.68. The summed E-state index contributed by atoms with van der Waals surface area (Å²) in [5.41, 5.74) is 6.73. The third-order valence-corrected chi connectivity index (χ3v) is 8.42. The largest absolute Gasteiger partial charge is 0.466 e. The van der Waals surface area contributed by atoms with Gasteiger partial charge < -0.3 is 9.30 Å². The van der Waals surface area contributed by atoms with E-state index < -0.39 is 12.0 Å². The molecular weight excluding hydrogens is 530 g/mol. The molecular formula is C31H30ClN3O3S. The molecule has 5 rings (SSSR count). The number of rotatable bonds is 5. The number of hydrogen-bond acceptors (Lipinski definition) is 5. The molecule has 1 unspecified atom stereocenters. The monoisotopic (exact) mass is 559 g/mol. The number of esters is 1. The number of hydrogen-bond donors (Lipinski definition) is 0. The Bertz CT molecular complexity index is 1790. The van der Waals surface area contributed by atoms with Crippen LogP contribution in [0, 0.1) is 13.8 Å². The lowest BCUT2D eigenvalue weighted by Gasteiger charge is -2.24. The van der Waals surface area contributed by atoms with Gasteiger partial charge in [0.15, 0.2) is 4.80 Å². The van der Waals surface area contributed by atoms with Crippen LogP contribution in [0.4, 0.5) is 0 Å². The summed E-state index contributed by atoms with van der Waals surface area (Å²) in [7, 11) is 1.35. The van der Waals surface area contributed by atoms with Crippen molar-refractivity contribution in [2.45, 2.75) is 46.6 Å². The van der Waals surface area contributed by atoms with Crippen molar-refractivity contribution < 1.29 is 9.53 Å². The van der Waals surface area contributed by atoms with Crippen LogP contribution in [-0.4, -0.2) is 22.2 Å². The fourth-order valence-electron chi connectivity index (χ4n) is 5.13. The Labute approximate surface area is 236 Å². The second kappa shape index (κ2) is 10.5. The summed E-state index contributed by atoms with van der Waals surface area (Å²) in [4.78, 5) is 32.1. The fourth-order valence-corrected chi connectivity index (χ4v) is 6.30. The van der Waals surface area contributed by atoms with Crippen molar-refractivity contribution in [1.82, 2.24) is 9.13 Å². The van der Waals surface area contributed by atoms with Crippen molar-refractivity contribution in [3.63, 3.8) is 0 Å². The van der Waals surface area contributed by atoms with Gasteiger partial charge in [-0.05, 0) is 79.8 Å². The summed E-state index contributed by atoms with van der Waals surface area (Å²) < 4.78 is 9.43. The van der Waals surface area contributed by atoms with Crippen molar-refractivity contribution >= 4 is 35.0 Å². The van der Waals surface area contributed by atoms with Gasteiger partial charge in [0, 0.05) is 22.1 Å². The van der Waals surface area contributed by atoms with E-state index in [0.717, 1.165) is 28.2 Å². The molecule has 0 fully saturated rings. The number of aromatic nitrogens is 2. The van der Waals surface area contributed by atoms with Crippen molar-refractivity contribution in [2.24, 2.45) is 4.99 Å². The quantitative estimate of drug-likeness (QED) is 0.299. The number of benzene rings is 2. The highest BCUT2D eigenvalue weighted by Gasteiger charge is 2.33. The highest BCUT2D eigenvalue weighted by molar-refractivity contribution is 7.07. The second-order valence-corrected chi connectivity index (χ2v) is 11.5. The molecule has 0 saturated heterocycles. The first-order valence-corrected chi connectivity index (χ1v) is 14.0. The summed E-state index contributed by atoms with van der Waals surface area (Å²) in [5, 5.41) is 0.678. The van der Waals surface area contributed by atoms with Gasteiger partial charge in [0.2, 0.25) is 0 Å². The average Bonchev–Trinajstić information content (AvgIpc) is 3.37. The van der Waals surface area contributed by atoms with E-state index in [1.54, 1.807) is 11.5 Å². The number of ether oxygens (including phenoxy) is 1. The van der Waals surface area contributed by atoms with Crippen LogP contribution in [0.15, 0.2) is 75.7 Å². The molecule has 6 nitrogen and oxygen atoms in total. The Morgan fingerprint density at radius 3 is 2.36 bits per heavy atom. The molecule has 1 aliphatic rings. The third kappa shape index (κ3) is 4.81. The van der Waals surface area contributed by atoms with Crippen LogP contribution < -0.4 is 14.9 Å². The lowest BCUT2D eigenvalue weighted by molar-refractivity contribution is -0.136. The molecule has 200 valence electrons. The zero-order chi connectivity index (χ0) is 28.0. The van der Waals surface area contributed by atoms with Crippen LogP contribution in [0.3, 0.4) is 0 Å². The lowest BCUT2D eigenvalue weighted by Crippen LogP contribution is -2.39. The first-order chi connectivity index (χ1) is 18.6. The number of carbonyl (C=O) groups is 1. The van der Waals surface area contributed by atoms with Crippen LogP contribution in [0.5, 0.6) is 0 Å². The summed E-state index contributed by atoms with van der Waals surface area (Å²) in [6.07, 6.45) is 1.91. The molecule has 2 aromatic carbocycles. The molecule has 39 heavy (non-hydrogen) atoms.